The number of methoxy groups -OCH3 is 2. The third-order valence-electron chi connectivity index (χ3n) is 2.70. The fraction of sp³-hybridized carbons (Fsp3) is 0.467. The van der Waals surface area contributed by atoms with Crippen LogP contribution in [0.5, 0.6) is 11.5 Å². The number of hydrogen-bond donors (Lipinski definition) is 2. The van der Waals surface area contributed by atoms with Gasteiger partial charge in [-0.2, -0.15) is 0 Å². The number of carboxylic acids is 1. The van der Waals surface area contributed by atoms with Gasteiger partial charge in [0.1, 0.15) is 5.60 Å². The number of ether oxygens (including phenoxy) is 3. The van der Waals surface area contributed by atoms with Gasteiger partial charge >= 0.3 is 12.1 Å². The summed E-state index contributed by atoms with van der Waals surface area (Å²) in [5, 5.41) is 11.8. The van der Waals surface area contributed by atoms with E-state index in [1.54, 1.807) is 20.8 Å². The zero-order valence-electron chi connectivity index (χ0n) is 13.6. The molecule has 0 aliphatic heterocycles. The summed E-state index contributed by atoms with van der Waals surface area (Å²) in [5.74, 6) is -0.731. The Balaban J connectivity index is 3.14. The monoisotopic (exact) mass is 345 g/mol. The molecular weight excluding hydrogens is 326 g/mol. The van der Waals surface area contributed by atoms with Crippen LogP contribution in [0.2, 0.25) is 5.02 Å². The van der Waals surface area contributed by atoms with E-state index in [2.05, 4.69) is 5.32 Å². The topological polar surface area (TPSA) is 94.1 Å². The molecule has 0 bridgehead atoms. The number of aliphatic carboxylic acids is 1. The molecule has 8 heteroatoms. The lowest BCUT2D eigenvalue weighted by atomic mass is 10.1. The second kappa shape index (κ2) is 7.41. The molecule has 2 N–H and O–H groups in total. The van der Waals surface area contributed by atoms with Gasteiger partial charge in [0.05, 0.1) is 19.2 Å². The molecule has 7 nitrogen and oxygen atoms in total. The van der Waals surface area contributed by atoms with E-state index in [-0.39, 0.29) is 22.1 Å². The normalized spacial score (nSPS) is 12.3. The molecule has 23 heavy (non-hydrogen) atoms. The lowest BCUT2D eigenvalue weighted by Crippen LogP contribution is -2.38. The average Bonchev–Trinajstić information content (AvgIpc) is 2.41. The number of amides is 1. The van der Waals surface area contributed by atoms with Crippen LogP contribution in [0.4, 0.5) is 4.79 Å². The Hall–Kier alpha value is -2.15. The average molecular weight is 346 g/mol. The predicted molar refractivity (Wildman–Crippen MR) is 84.3 cm³/mol. The SMILES string of the molecule is COc1cc([C@@H](NC(=O)OC(C)(C)C)C(=O)O)cc(Cl)c1OC. The molecule has 0 saturated heterocycles. The largest absolute Gasteiger partial charge is 0.493 e. The van der Waals surface area contributed by atoms with Crippen LogP contribution in [0, 0.1) is 0 Å². The molecule has 1 aromatic carbocycles. The second-order valence-corrected chi connectivity index (χ2v) is 6.06. The number of alkyl carbamates (subject to hydrolysis) is 1. The number of hydrogen-bond acceptors (Lipinski definition) is 5. The first kappa shape index (κ1) is 18.9. The molecule has 0 radical (unpaired) electrons. The number of carboxylic acid groups (broad SMARTS) is 1. The summed E-state index contributed by atoms with van der Waals surface area (Å²) < 4.78 is 15.3. The number of halogens is 1. The molecule has 0 spiro atoms. The maximum atomic E-state index is 11.8. The van der Waals surface area contributed by atoms with E-state index < -0.39 is 23.7 Å². The molecule has 0 aromatic heterocycles. The van der Waals surface area contributed by atoms with Gasteiger partial charge in [0, 0.05) is 0 Å². The zero-order valence-corrected chi connectivity index (χ0v) is 14.4. The van der Waals surface area contributed by atoms with Crippen molar-refractivity contribution in [2.45, 2.75) is 32.4 Å². The minimum atomic E-state index is -1.35. The van der Waals surface area contributed by atoms with Crippen molar-refractivity contribution < 1.29 is 28.9 Å². The van der Waals surface area contributed by atoms with Crippen LogP contribution in [-0.4, -0.2) is 37.0 Å². The molecule has 1 atom stereocenters. The number of nitrogens with one attached hydrogen (secondary N) is 1. The van der Waals surface area contributed by atoms with E-state index in [0.29, 0.717) is 0 Å². The molecule has 0 aliphatic carbocycles. The first-order valence-corrected chi connectivity index (χ1v) is 7.10. The quantitative estimate of drug-likeness (QED) is 0.852. The Labute approximate surface area is 139 Å². The van der Waals surface area contributed by atoms with Crippen LogP contribution in [0.25, 0.3) is 0 Å². The molecule has 0 heterocycles. The lowest BCUT2D eigenvalue weighted by Gasteiger charge is -2.22. The van der Waals surface area contributed by atoms with Gasteiger partial charge in [0.15, 0.2) is 17.5 Å². The van der Waals surface area contributed by atoms with Crippen LogP contribution < -0.4 is 14.8 Å². The van der Waals surface area contributed by atoms with Gasteiger partial charge in [-0.1, -0.05) is 11.6 Å². The summed E-state index contributed by atoms with van der Waals surface area (Å²) in [6, 6.07) is 1.47. The zero-order chi connectivity index (χ0) is 17.8. The van der Waals surface area contributed by atoms with Crippen molar-refractivity contribution in [1.29, 1.82) is 0 Å². The Kier molecular flexibility index (Phi) is 6.09. The van der Waals surface area contributed by atoms with E-state index in [1.807, 2.05) is 0 Å². The Bertz CT molecular complexity index is 596. The highest BCUT2D eigenvalue weighted by molar-refractivity contribution is 6.32. The first-order valence-electron chi connectivity index (χ1n) is 6.72. The number of carbonyl (C=O) groups is 2. The molecule has 0 fully saturated rings. The maximum absolute atomic E-state index is 11.8. The van der Waals surface area contributed by atoms with Crippen LogP contribution in [0.1, 0.15) is 32.4 Å². The minimum absolute atomic E-state index is 0.166. The molecule has 0 saturated carbocycles. The van der Waals surface area contributed by atoms with Crippen molar-refractivity contribution in [1.82, 2.24) is 5.32 Å². The van der Waals surface area contributed by atoms with Crippen molar-refractivity contribution in [3.05, 3.63) is 22.7 Å². The summed E-state index contributed by atoms with van der Waals surface area (Å²) in [7, 11) is 2.81. The molecule has 128 valence electrons. The van der Waals surface area contributed by atoms with Gasteiger partial charge < -0.3 is 24.6 Å². The molecule has 0 unspecified atom stereocenters. The van der Waals surface area contributed by atoms with Crippen LogP contribution in [0.3, 0.4) is 0 Å². The van der Waals surface area contributed by atoms with Crippen molar-refractivity contribution in [3.63, 3.8) is 0 Å². The molecule has 1 rings (SSSR count). The van der Waals surface area contributed by atoms with E-state index in [4.69, 9.17) is 25.8 Å². The van der Waals surface area contributed by atoms with Crippen LogP contribution >= 0.6 is 11.6 Å². The minimum Gasteiger partial charge on any atom is -0.493 e. The summed E-state index contributed by atoms with van der Waals surface area (Å²) in [5.41, 5.74) is -0.520. The van der Waals surface area contributed by atoms with Crippen LogP contribution in [0.15, 0.2) is 12.1 Å². The van der Waals surface area contributed by atoms with Crippen molar-refractivity contribution >= 4 is 23.7 Å². The van der Waals surface area contributed by atoms with Crippen molar-refractivity contribution in [2.24, 2.45) is 0 Å². The number of rotatable bonds is 5. The summed E-state index contributed by atoms with van der Waals surface area (Å²) >= 11 is 6.06. The maximum Gasteiger partial charge on any atom is 0.408 e. The molecular formula is C15H20ClNO6. The fourth-order valence-electron chi connectivity index (χ4n) is 1.82. The Morgan fingerprint density at radius 1 is 1.22 bits per heavy atom. The first-order chi connectivity index (χ1) is 10.6. The van der Waals surface area contributed by atoms with E-state index >= 15 is 0 Å². The van der Waals surface area contributed by atoms with E-state index in [1.165, 1.54) is 26.4 Å². The summed E-state index contributed by atoms with van der Waals surface area (Å²) in [6.07, 6.45) is -0.851. The third kappa shape index (κ3) is 5.21. The lowest BCUT2D eigenvalue weighted by molar-refractivity contribution is -0.139. The van der Waals surface area contributed by atoms with E-state index in [9.17, 15) is 14.7 Å². The van der Waals surface area contributed by atoms with Gasteiger partial charge in [-0.15, -0.1) is 0 Å². The van der Waals surface area contributed by atoms with Gasteiger partial charge in [0.2, 0.25) is 0 Å². The van der Waals surface area contributed by atoms with Gasteiger partial charge in [-0.05, 0) is 38.5 Å². The highest BCUT2D eigenvalue weighted by atomic mass is 35.5. The Morgan fingerprint density at radius 3 is 2.26 bits per heavy atom. The third-order valence-corrected chi connectivity index (χ3v) is 2.98. The van der Waals surface area contributed by atoms with E-state index in [0.717, 1.165) is 0 Å². The van der Waals surface area contributed by atoms with Gasteiger partial charge in [-0.25, -0.2) is 9.59 Å². The fourth-order valence-corrected chi connectivity index (χ4v) is 2.11. The standard InChI is InChI=1S/C15H20ClNO6/c1-15(2,3)23-14(20)17-11(13(18)19)8-6-9(16)12(22-5)10(7-8)21-4/h6-7,11H,1-5H3,(H,17,20)(H,18,19)/t11-/m1/s1. The number of benzene rings is 1. The molecule has 1 aromatic rings. The molecule has 0 aliphatic rings. The molecule has 1 amide bonds. The Morgan fingerprint density at radius 2 is 1.83 bits per heavy atom. The highest BCUT2D eigenvalue weighted by Crippen LogP contribution is 2.37. The second-order valence-electron chi connectivity index (χ2n) is 5.66. The van der Waals surface area contributed by atoms with Gasteiger partial charge in [-0.3, -0.25) is 0 Å². The smallest absolute Gasteiger partial charge is 0.408 e. The van der Waals surface area contributed by atoms with Crippen molar-refractivity contribution in [3.8, 4) is 11.5 Å². The highest BCUT2D eigenvalue weighted by Gasteiger charge is 2.27. The predicted octanol–water partition coefficient (Wildman–Crippen LogP) is 3.01. The summed E-state index contributed by atoms with van der Waals surface area (Å²) in [6.45, 7) is 5.03. The van der Waals surface area contributed by atoms with Gasteiger partial charge in [0.25, 0.3) is 0 Å². The van der Waals surface area contributed by atoms with Crippen molar-refractivity contribution in [2.75, 3.05) is 14.2 Å². The van der Waals surface area contributed by atoms with Crippen LogP contribution in [-0.2, 0) is 9.53 Å². The number of carbonyl (C=O) groups excluding carboxylic acids is 1. The summed E-state index contributed by atoms with van der Waals surface area (Å²) in [4.78, 5) is 23.3.